The number of nitrogens with zero attached hydrogens (tertiary/aromatic N) is 3. The topological polar surface area (TPSA) is 90.6 Å². The molecule has 0 radical (unpaired) electrons. The number of urea groups is 1. The predicted molar refractivity (Wildman–Crippen MR) is 85.3 cm³/mol. The van der Waals surface area contributed by atoms with Crippen molar-refractivity contribution in [1.29, 1.82) is 0 Å². The highest BCUT2D eigenvalue weighted by Crippen LogP contribution is 2.16. The van der Waals surface area contributed by atoms with E-state index in [1.165, 1.54) is 0 Å². The summed E-state index contributed by atoms with van der Waals surface area (Å²) in [5.74, 6) is 0. The summed E-state index contributed by atoms with van der Waals surface area (Å²) in [7, 11) is 0. The van der Waals surface area contributed by atoms with Crippen molar-refractivity contribution in [1.82, 2.24) is 19.8 Å². The maximum atomic E-state index is 12.3. The minimum absolute atomic E-state index is 0.174. The van der Waals surface area contributed by atoms with E-state index in [0.717, 1.165) is 11.0 Å². The lowest BCUT2D eigenvalue weighted by atomic mass is 10.3. The van der Waals surface area contributed by atoms with Gasteiger partial charge < -0.3 is 24.8 Å². The number of anilines is 1. The Bertz CT molecular complexity index is 706. The highest BCUT2D eigenvalue weighted by atomic mass is 16.6. The zero-order valence-corrected chi connectivity index (χ0v) is 12.9. The van der Waals surface area contributed by atoms with Crippen LogP contribution in [0.15, 0.2) is 24.5 Å². The number of carbonyl (C=O) groups excluding carboxylic acids is 2. The van der Waals surface area contributed by atoms with Gasteiger partial charge in [-0.15, -0.1) is 0 Å². The molecule has 1 saturated heterocycles. The molecule has 0 bridgehead atoms. The third-order valence-corrected chi connectivity index (χ3v) is 3.76. The molecule has 2 heterocycles. The van der Waals surface area contributed by atoms with E-state index < -0.39 is 0 Å². The summed E-state index contributed by atoms with van der Waals surface area (Å²) in [6, 6.07) is 5.33. The molecule has 1 fully saturated rings. The quantitative estimate of drug-likeness (QED) is 0.884. The van der Waals surface area contributed by atoms with Crippen LogP contribution in [0.25, 0.3) is 11.0 Å². The molecule has 2 N–H and O–H groups in total. The van der Waals surface area contributed by atoms with Crippen molar-refractivity contribution in [3.8, 4) is 0 Å². The fourth-order valence-electron chi connectivity index (χ4n) is 2.52. The van der Waals surface area contributed by atoms with E-state index in [-0.39, 0.29) is 12.1 Å². The number of carbonyl (C=O) groups is 2. The third kappa shape index (κ3) is 3.36. The molecule has 122 valence electrons. The van der Waals surface area contributed by atoms with Gasteiger partial charge >= 0.3 is 12.1 Å². The molecule has 1 aromatic heterocycles. The van der Waals surface area contributed by atoms with Crippen molar-refractivity contribution in [3.63, 3.8) is 0 Å². The molecule has 3 rings (SSSR count). The number of rotatable bonds is 2. The molecular weight excluding hydrogens is 298 g/mol. The lowest BCUT2D eigenvalue weighted by Crippen LogP contribution is -2.51. The average Bonchev–Trinajstić information content (AvgIpc) is 3.03. The molecule has 0 unspecified atom stereocenters. The van der Waals surface area contributed by atoms with Crippen molar-refractivity contribution in [2.45, 2.75) is 6.92 Å². The normalized spacial score (nSPS) is 14.8. The van der Waals surface area contributed by atoms with Crippen molar-refractivity contribution >= 4 is 28.8 Å². The summed E-state index contributed by atoms with van der Waals surface area (Å²) < 4.78 is 4.96. The number of ether oxygens (including phenoxy) is 1. The molecular formula is C15H19N5O3. The largest absolute Gasteiger partial charge is 0.450 e. The molecule has 0 aliphatic carbocycles. The van der Waals surface area contributed by atoms with Crippen molar-refractivity contribution < 1.29 is 14.3 Å². The lowest BCUT2D eigenvalue weighted by molar-refractivity contribution is 0.0868. The van der Waals surface area contributed by atoms with Gasteiger partial charge in [0.25, 0.3) is 0 Å². The van der Waals surface area contributed by atoms with Crippen LogP contribution >= 0.6 is 0 Å². The SMILES string of the molecule is CCOC(=O)N1CCN(C(=O)Nc2ccc3nc[nH]c3c2)CC1. The second-order valence-corrected chi connectivity index (χ2v) is 5.24. The number of aromatic amines is 1. The highest BCUT2D eigenvalue weighted by molar-refractivity contribution is 5.92. The van der Waals surface area contributed by atoms with Gasteiger partial charge in [-0.2, -0.15) is 0 Å². The Labute approximate surface area is 133 Å². The molecule has 8 heteroatoms. The minimum Gasteiger partial charge on any atom is -0.450 e. The number of hydrogen-bond acceptors (Lipinski definition) is 4. The first kappa shape index (κ1) is 15.1. The Morgan fingerprint density at radius 3 is 2.74 bits per heavy atom. The first-order chi connectivity index (χ1) is 11.2. The zero-order chi connectivity index (χ0) is 16.2. The zero-order valence-electron chi connectivity index (χ0n) is 12.9. The van der Waals surface area contributed by atoms with Gasteiger partial charge in [0.15, 0.2) is 0 Å². The van der Waals surface area contributed by atoms with Crippen LogP contribution in [-0.4, -0.2) is 64.7 Å². The summed E-state index contributed by atoms with van der Waals surface area (Å²) in [6.07, 6.45) is 1.29. The van der Waals surface area contributed by atoms with Crippen LogP contribution in [0.3, 0.4) is 0 Å². The van der Waals surface area contributed by atoms with Crippen LogP contribution < -0.4 is 5.32 Å². The number of fused-ring (bicyclic) bond motifs is 1. The van der Waals surface area contributed by atoms with Crippen molar-refractivity contribution in [2.24, 2.45) is 0 Å². The van der Waals surface area contributed by atoms with E-state index >= 15 is 0 Å². The summed E-state index contributed by atoms with van der Waals surface area (Å²) in [5.41, 5.74) is 2.43. The van der Waals surface area contributed by atoms with Gasteiger partial charge in [-0.1, -0.05) is 0 Å². The molecule has 0 atom stereocenters. The number of amides is 3. The van der Waals surface area contributed by atoms with Crippen LogP contribution in [0.4, 0.5) is 15.3 Å². The van der Waals surface area contributed by atoms with Crippen LogP contribution in [0.2, 0.25) is 0 Å². The van der Waals surface area contributed by atoms with Gasteiger partial charge in [0.1, 0.15) is 0 Å². The van der Waals surface area contributed by atoms with Gasteiger partial charge in [0.2, 0.25) is 0 Å². The Morgan fingerprint density at radius 1 is 1.26 bits per heavy atom. The summed E-state index contributed by atoms with van der Waals surface area (Å²) >= 11 is 0. The van der Waals surface area contributed by atoms with Crippen molar-refractivity contribution in [3.05, 3.63) is 24.5 Å². The minimum atomic E-state index is -0.322. The van der Waals surface area contributed by atoms with Crippen LogP contribution in [0, 0.1) is 0 Å². The number of piperazine rings is 1. The molecule has 0 saturated carbocycles. The van der Waals surface area contributed by atoms with E-state index in [4.69, 9.17) is 4.74 Å². The average molecular weight is 317 g/mol. The number of nitrogens with one attached hydrogen (secondary N) is 2. The molecule has 1 aliphatic rings. The molecule has 0 spiro atoms. The van der Waals surface area contributed by atoms with Gasteiger partial charge in [-0.05, 0) is 25.1 Å². The summed E-state index contributed by atoms with van der Waals surface area (Å²) in [4.78, 5) is 34.4. The van der Waals surface area contributed by atoms with E-state index in [0.29, 0.717) is 38.5 Å². The number of hydrogen-bond donors (Lipinski definition) is 2. The van der Waals surface area contributed by atoms with Gasteiger partial charge in [0.05, 0.1) is 24.0 Å². The first-order valence-electron chi connectivity index (χ1n) is 7.58. The molecule has 1 aliphatic heterocycles. The van der Waals surface area contributed by atoms with Gasteiger partial charge in [0, 0.05) is 31.9 Å². The standard InChI is InChI=1S/C15H19N5O3/c1-2-23-15(22)20-7-5-19(6-8-20)14(21)18-11-3-4-12-13(9-11)17-10-16-12/h3-4,9-10H,2,5-8H2,1H3,(H,16,17)(H,18,21). The Morgan fingerprint density at radius 2 is 2.00 bits per heavy atom. The van der Waals surface area contributed by atoms with E-state index in [9.17, 15) is 9.59 Å². The van der Waals surface area contributed by atoms with Crippen LogP contribution in [-0.2, 0) is 4.74 Å². The van der Waals surface area contributed by atoms with Gasteiger partial charge in [-0.3, -0.25) is 0 Å². The number of aromatic nitrogens is 2. The van der Waals surface area contributed by atoms with Crippen LogP contribution in [0.5, 0.6) is 0 Å². The smallest absolute Gasteiger partial charge is 0.409 e. The second-order valence-electron chi connectivity index (χ2n) is 5.24. The summed E-state index contributed by atoms with van der Waals surface area (Å²) in [6.45, 7) is 4.05. The van der Waals surface area contributed by atoms with E-state index in [1.807, 2.05) is 18.2 Å². The van der Waals surface area contributed by atoms with Crippen molar-refractivity contribution in [2.75, 3.05) is 38.1 Å². The second kappa shape index (κ2) is 6.55. The van der Waals surface area contributed by atoms with E-state index in [1.54, 1.807) is 23.1 Å². The fraction of sp³-hybridized carbons (Fsp3) is 0.400. The van der Waals surface area contributed by atoms with Gasteiger partial charge in [-0.25, -0.2) is 14.6 Å². The first-order valence-corrected chi connectivity index (χ1v) is 7.58. The molecule has 23 heavy (non-hydrogen) atoms. The summed E-state index contributed by atoms with van der Waals surface area (Å²) in [5, 5.41) is 2.87. The van der Waals surface area contributed by atoms with E-state index in [2.05, 4.69) is 15.3 Å². The maximum Gasteiger partial charge on any atom is 0.409 e. The van der Waals surface area contributed by atoms with Crippen LogP contribution in [0.1, 0.15) is 6.92 Å². The molecule has 2 aromatic rings. The number of H-pyrrole nitrogens is 1. The molecule has 1 aromatic carbocycles. The Hall–Kier alpha value is -2.77. The molecule has 3 amide bonds. The maximum absolute atomic E-state index is 12.3. The molecule has 8 nitrogen and oxygen atoms in total. The highest BCUT2D eigenvalue weighted by Gasteiger charge is 2.24. The predicted octanol–water partition coefficient (Wildman–Crippen LogP) is 1.87. The fourth-order valence-corrected chi connectivity index (χ4v) is 2.52. The monoisotopic (exact) mass is 317 g/mol. The number of benzene rings is 1. The third-order valence-electron chi connectivity index (χ3n) is 3.76. The Kier molecular flexibility index (Phi) is 4.31. The Balaban J connectivity index is 1.56. The number of imidazole rings is 1. The lowest BCUT2D eigenvalue weighted by Gasteiger charge is -2.33.